The summed E-state index contributed by atoms with van der Waals surface area (Å²) in [4.78, 5) is 4.38. The Morgan fingerprint density at radius 2 is 2.06 bits per heavy atom. The van der Waals surface area contributed by atoms with Crippen molar-refractivity contribution in [2.45, 2.75) is 39.5 Å². The standard InChI is InChI=1S/C13H18ClNO/c1-9-7-12(14)13(15-10(9)2)16-8-11-5-3-4-6-11/h7,11H,3-6,8H2,1-2H3. The first-order chi connectivity index (χ1) is 7.66. The summed E-state index contributed by atoms with van der Waals surface area (Å²) in [5.41, 5.74) is 2.10. The van der Waals surface area contributed by atoms with Gasteiger partial charge in [0.2, 0.25) is 5.88 Å². The Hall–Kier alpha value is -0.760. The lowest BCUT2D eigenvalue weighted by molar-refractivity contribution is 0.243. The monoisotopic (exact) mass is 239 g/mol. The van der Waals surface area contributed by atoms with E-state index in [-0.39, 0.29) is 0 Å². The number of halogens is 1. The minimum absolute atomic E-state index is 0.594. The van der Waals surface area contributed by atoms with Crippen molar-refractivity contribution in [1.82, 2.24) is 4.98 Å². The number of hydrogen-bond donors (Lipinski definition) is 0. The van der Waals surface area contributed by atoms with Crippen LogP contribution in [-0.4, -0.2) is 11.6 Å². The van der Waals surface area contributed by atoms with Gasteiger partial charge in [0.05, 0.1) is 6.61 Å². The van der Waals surface area contributed by atoms with E-state index in [0.717, 1.165) is 17.9 Å². The normalized spacial score (nSPS) is 16.7. The van der Waals surface area contributed by atoms with Crippen molar-refractivity contribution in [2.24, 2.45) is 5.92 Å². The number of rotatable bonds is 3. The molecule has 2 nitrogen and oxygen atoms in total. The highest BCUT2D eigenvalue weighted by Crippen LogP contribution is 2.28. The molecule has 0 aliphatic heterocycles. The Morgan fingerprint density at radius 3 is 2.75 bits per heavy atom. The predicted molar refractivity (Wildman–Crippen MR) is 66.2 cm³/mol. The van der Waals surface area contributed by atoms with Crippen molar-refractivity contribution in [3.63, 3.8) is 0 Å². The van der Waals surface area contributed by atoms with E-state index in [1.165, 1.54) is 25.7 Å². The molecule has 0 bridgehead atoms. The Bertz CT molecular complexity index is 372. The van der Waals surface area contributed by atoms with Crippen molar-refractivity contribution in [3.8, 4) is 5.88 Å². The zero-order valence-electron chi connectivity index (χ0n) is 9.92. The van der Waals surface area contributed by atoms with Crippen LogP contribution in [0.4, 0.5) is 0 Å². The molecule has 3 heteroatoms. The van der Waals surface area contributed by atoms with Crippen molar-refractivity contribution in [2.75, 3.05) is 6.61 Å². The summed E-state index contributed by atoms with van der Waals surface area (Å²) in [6.45, 7) is 4.75. The van der Waals surface area contributed by atoms with Crippen molar-refractivity contribution < 1.29 is 4.74 Å². The van der Waals surface area contributed by atoms with Gasteiger partial charge in [-0.3, -0.25) is 0 Å². The number of nitrogens with zero attached hydrogens (tertiary/aromatic N) is 1. The van der Waals surface area contributed by atoms with E-state index in [1.807, 2.05) is 19.9 Å². The minimum Gasteiger partial charge on any atom is -0.476 e. The van der Waals surface area contributed by atoms with E-state index >= 15 is 0 Å². The van der Waals surface area contributed by atoms with Crippen LogP contribution in [0.5, 0.6) is 5.88 Å². The topological polar surface area (TPSA) is 22.1 Å². The largest absolute Gasteiger partial charge is 0.476 e. The molecule has 0 N–H and O–H groups in total. The third-order valence-electron chi connectivity index (χ3n) is 3.32. The first-order valence-electron chi connectivity index (χ1n) is 5.93. The van der Waals surface area contributed by atoms with Crippen LogP contribution >= 0.6 is 11.6 Å². The van der Waals surface area contributed by atoms with Gasteiger partial charge in [0.25, 0.3) is 0 Å². The van der Waals surface area contributed by atoms with Crippen LogP contribution in [-0.2, 0) is 0 Å². The molecule has 0 atom stereocenters. The molecule has 1 aromatic rings. The Morgan fingerprint density at radius 1 is 1.38 bits per heavy atom. The van der Waals surface area contributed by atoms with Gasteiger partial charge in [-0.1, -0.05) is 24.4 Å². The number of aromatic nitrogens is 1. The number of hydrogen-bond acceptors (Lipinski definition) is 2. The van der Waals surface area contributed by atoms with Crippen LogP contribution in [0.2, 0.25) is 5.02 Å². The highest BCUT2D eigenvalue weighted by Gasteiger charge is 2.16. The lowest BCUT2D eigenvalue weighted by Gasteiger charge is -2.12. The molecular weight excluding hydrogens is 222 g/mol. The van der Waals surface area contributed by atoms with Crippen LogP contribution in [0.1, 0.15) is 36.9 Å². The Kier molecular flexibility index (Phi) is 3.70. The van der Waals surface area contributed by atoms with E-state index < -0.39 is 0 Å². The smallest absolute Gasteiger partial charge is 0.232 e. The first-order valence-corrected chi connectivity index (χ1v) is 6.31. The molecule has 0 saturated heterocycles. The van der Waals surface area contributed by atoms with Gasteiger partial charge in [-0.05, 0) is 44.2 Å². The van der Waals surface area contributed by atoms with Crippen molar-refractivity contribution in [3.05, 3.63) is 22.3 Å². The van der Waals surface area contributed by atoms with Crippen LogP contribution in [0.25, 0.3) is 0 Å². The molecule has 1 aliphatic carbocycles. The van der Waals surface area contributed by atoms with Gasteiger partial charge < -0.3 is 4.74 Å². The van der Waals surface area contributed by atoms with E-state index in [0.29, 0.717) is 16.8 Å². The van der Waals surface area contributed by atoms with E-state index in [2.05, 4.69) is 4.98 Å². The van der Waals surface area contributed by atoms with Gasteiger partial charge in [0, 0.05) is 5.69 Å². The summed E-state index contributed by atoms with van der Waals surface area (Å²) in [5, 5.41) is 0.626. The number of ether oxygens (including phenoxy) is 1. The van der Waals surface area contributed by atoms with Crippen molar-refractivity contribution >= 4 is 11.6 Å². The lowest BCUT2D eigenvalue weighted by atomic mass is 10.1. The highest BCUT2D eigenvalue weighted by molar-refractivity contribution is 6.31. The minimum atomic E-state index is 0.594. The summed E-state index contributed by atoms with van der Waals surface area (Å²) in [6, 6.07) is 1.92. The molecule has 16 heavy (non-hydrogen) atoms. The SMILES string of the molecule is Cc1cc(Cl)c(OCC2CCCC2)nc1C. The fourth-order valence-electron chi connectivity index (χ4n) is 2.13. The van der Waals surface area contributed by atoms with Crippen molar-refractivity contribution in [1.29, 1.82) is 0 Å². The molecular formula is C13H18ClNO. The van der Waals surface area contributed by atoms with Crippen LogP contribution in [0.15, 0.2) is 6.07 Å². The average molecular weight is 240 g/mol. The highest BCUT2D eigenvalue weighted by atomic mass is 35.5. The molecule has 1 aliphatic rings. The summed E-state index contributed by atoms with van der Waals surface area (Å²) in [7, 11) is 0. The van der Waals surface area contributed by atoms with Crippen LogP contribution in [0.3, 0.4) is 0 Å². The average Bonchev–Trinajstić information content (AvgIpc) is 2.74. The Balaban J connectivity index is 2.00. The fourth-order valence-corrected chi connectivity index (χ4v) is 2.39. The Labute approximate surface area is 102 Å². The maximum absolute atomic E-state index is 6.10. The van der Waals surface area contributed by atoms with Crippen LogP contribution < -0.4 is 4.74 Å². The molecule has 0 spiro atoms. The number of pyridine rings is 1. The summed E-state index contributed by atoms with van der Waals surface area (Å²) >= 11 is 6.10. The molecule has 0 aromatic carbocycles. The molecule has 2 rings (SSSR count). The predicted octanol–water partition coefficient (Wildman–Crippen LogP) is 3.92. The molecule has 1 heterocycles. The van der Waals surface area contributed by atoms with Crippen LogP contribution in [0, 0.1) is 19.8 Å². The fraction of sp³-hybridized carbons (Fsp3) is 0.615. The summed E-state index contributed by atoms with van der Waals surface area (Å²) < 4.78 is 5.71. The maximum atomic E-state index is 6.10. The third kappa shape index (κ3) is 2.67. The van der Waals surface area contributed by atoms with Gasteiger partial charge in [-0.15, -0.1) is 0 Å². The zero-order chi connectivity index (χ0) is 11.5. The molecule has 1 aromatic heterocycles. The summed E-state index contributed by atoms with van der Waals surface area (Å²) in [5.74, 6) is 1.29. The molecule has 88 valence electrons. The van der Waals surface area contributed by atoms with E-state index in [4.69, 9.17) is 16.3 Å². The van der Waals surface area contributed by atoms with Gasteiger partial charge in [0.1, 0.15) is 5.02 Å². The molecule has 1 fully saturated rings. The van der Waals surface area contributed by atoms with Gasteiger partial charge in [-0.25, -0.2) is 4.98 Å². The third-order valence-corrected chi connectivity index (χ3v) is 3.59. The summed E-state index contributed by atoms with van der Waals surface area (Å²) in [6.07, 6.45) is 5.23. The molecule has 0 amide bonds. The van der Waals surface area contributed by atoms with Gasteiger partial charge in [-0.2, -0.15) is 0 Å². The van der Waals surface area contributed by atoms with E-state index in [9.17, 15) is 0 Å². The second-order valence-corrected chi connectivity index (χ2v) is 5.05. The second kappa shape index (κ2) is 5.05. The van der Waals surface area contributed by atoms with Gasteiger partial charge >= 0.3 is 0 Å². The lowest BCUT2D eigenvalue weighted by Crippen LogP contribution is -2.09. The quantitative estimate of drug-likeness (QED) is 0.798. The molecule has 0 radical (unpaired) electrons. The molecule has 1 saturated carbocycles. The first kappa shape index (κ1) is 11.7. The molecule has 0 unspecified atom stereocenters. The van der Waals surface area contributed by atoms with Gasteiger partial charge in [0.15, 0.2) is 0 Å². The number of aryl methyl sites for hydroxylation is 2. The maximum Gasteiger partial charge on any atom is 0.232 e. The second-order valence-electron chi connectivity index (χ2n) is 4.64. The zero-order valence-corrected chi connectivity index (χ0v) is 10.7. The van der Waals surface area contributed by atoms with E-state index in [1.54, 1.807) is 0 Å².